The van der Waals surface area contributed by atoms with Crippen molar-refractivity contribution in [2.75, 3.05) is 11.5 Å². The van der Waals surface area contributed by atoms with Gasteiger partial charge in [-0.2, -0.15) is 4.98 Å². The lowest BCUT2D eigenvalue weighted by atomic mass is 10.1. The molecule has 0 aliphatic heterocycles. The number of imidazole rings is 1. The average Bonchev–Trinajstić information content (AvgIpc) is 3.02. The minimum absolute atomic E-state index is 0.0522. The molecule has 1 aromatic carbocycles. The van der Waals surface area contributed by atoms with Gasteiger partial charge >= 0.3 is 0 Å². The first-order chi connectivity index (χ1) is 13.0. The van der Waals surface area contributed by atoms with Crippen LogP contribution in [0.1, 0.15) is 6.92 Å². The molecule has 0 atom stereocenters. The third-order valence-corrected chi connectivity index (χ3v) is 4.04. The molecule has 0 saturated heterocycles. The normalized spacial score (nSPS) is 11.2. The molecule has 27 heavy (non-hydrogen) atoms. The van der Waals surface area contributed by atoms with E-state index in [1.54, 1.807) is 10.6 Å². The van der Waals surface area contributed by atoms with Gasteiger partial charge in [0.1, 0.15) is 16.9 Å². The molecular formula is C17H14F2N8. The summed E-state index contributed by atoms with van der Waals surface area (Å²) in [6.45, 7) is 2.37. The summed E-state index contributed by atoms with van der Waals surface area (Å²) in [5.74, 6) is -1.57. The lowest BCUT2D eigenvalue weighted by Crippen LogP contribution is -2.04. The number of anilines is 2. The maximum Gasteiger partial charge on any atom is 0.222 e. The molecule has 10 heteroatoms. The highest BCUT2D eigenvalue weighted by atomic mass is 19.2. The Morgan fingerprint density at radius 3 is 2.56 bits per heavy atom. The quantitative estimate of drug-likeness (QED) is 0.569. The van der Waals surface area contributed by atoms with Gasteiger partial charge in [-0.1, -0.05) is 6.07 Å². The number of hydrogen-bond acceptors (Lipinski definition) is 7. The number of aromatic nitrogens is 6. The molecule has 136 valence electrons. The highest BCUT2D eigenvalue weighted by molar-refractivity contribution is 5.90. The largest absolute Gasteiger partial charge is 0.368 e. The van der Waals surface area contributed by atoms with E-state index in [0.717, 1.165) is 6.07 Å². The molecule has 3 heterocycles. The van der Waals surface area contributed by atoms with Crippen LogP contribution in [0, 0.1) is 11.6 Å². The summed E-state index contributed by atoms with van der Waals surface area (Å²) in [5.41, 5.74) is 12.7. The minimum atomic E-state index is -1.03. The predicted molar refractivity (Wildman–Crippen MR) is 96.2 cm³/mol. The number of fused-ring (bicyclic) bond motifs is 1. The standard InChI is InChI=1S/C17H14F2N8/c1-2-27-14(10-6-7-22-16(20)23-10)24-13-12(25-17(21)26-15(13)27)8-4-3-5-9(18)11(8)19/h3-7H,2H2,1H3,(H2,20,22,23)(H2,21,25,26). The Hall–Kier alpha value is -3.69. The first-order valence-electron chi connectivity index (χ1n) is 8.06. The highest BCUT2D eigenvalue weighted by Gasteiger charge is 2.22. The summed E-state index contributed by atoms with van der Waals surface area (Å²) in [7, 11) is 0. The molecule has 4 aromatic rings. The lowest BCUT2D eigenvalue weighted by Gasteiger charge is -2.07. The van der Waals surface area contributed by atoms with Gasteiger partial charge in [-0.3, -0.25) is 0 Å². The molecule has 4 rings (SSSR count). The highest BCUT2D eigenvalue weighted by Crippen LogP contribution is 2.32. The van der Waals surface area contributed by atoms with Gasteiger partial charge in [0.2, 0.25) is 11.9 Å². The number of aryl methyl sites for hydroxylation is 1. The van der Waals surface area contributed by atoms with Gasteiger partial charge in [-0.25, -0.2) is 28.7 Å². The first-order valence-corrected chi connectivity index (χ1v) is 8.06. The van der Waals surface area contributed by atoms with Crippen LogP contribution >= 0.6 is 0 Å². The van der Waals surface area contributed by atoms with E-state index in [-0.39, 0.29) is 28.7 Å². The molecular weight excluding hydrogens is 354 g/mol. The van der Waals surface area contributed by atoms with Crippen molar-refractivity contribution in [3.8, 4) is 22.8 Å². The van der Waals surface area contributed by atoms with Crippen molar-refractivity contribution in [2.45, 2.75) is 13.5 Å². The molecule has 0 amide bonds. The predicted octanol–water partition coefficient (Wildman–Crippen LogP) is 2.41. The number of rotatable bonds is 3. The van der Waals surface area contributed by atoms with Gasteiger partial charge in [0.25, 0.3) is 0 Å². The molecule has 0 radical (unpaired) electrons. The Kier molecular flexibility index (Phi) is 3.87. The minimum Gasteiger partial charge on any atom is -0.368 e. The van der Waals surface area contributed by atoms with E-state index in [9.17, 15) is 8.78 Å². The zero-order valence-corrected chi connectivity index (χ0v) is 14.2. The van der Waals surface area contributed by atoms with Crippen molar-refractivity contribution >= 4 is 23.1 Å². The van der Waals surface area contributed by atoms with E-state index >= 15 is 0 Å². The Morgan fingerprint density at radius 2 is 1.81 bits per heavy atom. The monoisotopic (exact) mass is 368 g/mol. The maximum atomic E-state index is 14.4. The van der Waals surface area contributed by atoms with Crippen molar-refractivity contribution in [3.05, 3.63) is 42.1 Å². The van der Waals surface area contributed by atoms with Gasteiger partial charge in [-0.15, -0.1) is 0 Å². The first kappa shape index (κ1) is 16.8. The van der Waals surface area contributed by atoms with Crippen molar-refractivity contribution < 1.29 is 8.78 Å². The molecule has 0 aliphatic rings. The fraction of sp³-hybridized carbons (Fsp3) is 0.118. The molecule has 0 saturated carbocycles. The van der Waals surface area contributed by atoms with Crippen LogP contribution in [0.4, 0.5) is 20.7 Å². The van der Waals surface area contributed by atoms with Gasteiger partial charge in [0.05, 0.1) is 0 Å². The van der Waals surface area contributed by atoms with E-state index in [4.69, 9.17) is 11.5 Å². The van der Waals surface area contributed by atoms with Crippen molar-refractivity contribution in [3.63, 3.8) is 0 Å². The summed E-state index contributed by atoms with van der Waals surface area (Å²) >= 11 is 0. The van der Waals surface area contributed by atoms with Gasteiger partial charge in [-0.05, 0) is 25.1 Å². The van der Waals surface area contributed by atoms with Crippen molar-refractivity contribution in [1.29, 1.82) is 0 Å². The molecule has 0 unspecified atom stereocenters. The second-order valence-electron chi connectivity index (χ2n) is 5.68. The van der Waals surface area contributed by atoms with Crippen LogP contribution in [-0.2, 0) is 6.54 Å². The van der Waals surface area contributed by atoms with Crippen LogP contribution in [0.15, 0.2) is 30.5 Å². The fourth-order valence-electron chi connectivity index (χ4n) is 2.89. The zero-order chi connectivity index (χ0) is 19.1. The third-order valence-electron chi connectivity index (χ3n) is 4.04. The Labute approximate surface area is 151 Å². The van der Waals surface area contributed by atoms with Gasteiger partial charge in [0.15, 0.2) is 23.1 Å². The number of nitrogens with two attached hydrogens (primary N) is 2. The summed E-state index contributed by atoms with van der Waals surface area (Å²) in [6, 6.07) is 5.47. The van der Waals surface area contributed by atoms with E-state index in [2.05, 4.69) is 24.9 Å². The van der Waals surface area contributed by atoms with E-state index in [0.29, 0.717) is 23.7 Å². The molecule has 0 bridgehead atoms. The zero-order valence-electron chi connectivity index (χ0n) is 14.2. The van der Waals surface area contributed by atoms with Crippen LogP contribution < -0.4 is 11.5 Å². The van der Waals surface area contributed by atoms with Crippen molar-refractivity contribution in [2.24, 2.45) is 0 Å². The number of nitrogen functional groups attached to an aromatic ring is 2. The molecule has 3 aromatic heterocycles. The smallest absolute Gasteiger partial charge is 0.222 e. The summed E-state index contributed by atoms with van der Waals surface area (Å²) in [6.07, 6.45) is 1.50. The molecule has 0 spiro atoms. The molecule has 8 nitrogen and oxygen atoms in total. The number of nitrogens with zero attached hydrogens (tertiary/aromatic N) is 6. The second kappa shape index (κ2) is 6.24. The SMILES string of the molecule is CCn1c(-c2ccnc(N)n2)nc2c(-c3cccc(F)c3F)nc(N)nc21. The van der Waals surface area contributed by atoms with E-state index < -0.39 is 11.6 Å². The van der Waals surface area contributed by atoms with Gasteiger partial charge < -0.3 is 16.0 Å². The molecule has 4 N–H and O–H groups in total. The van der Waals surface area contributed by atoms with Crippen LogP contribution in [0.2, 0.25) is 0 Å². The Bertz CT molecular complexity index is 1170. The topological polar surface area (TPSA) is 121 Å². The summed E-state index contributed by atoms with van der Waals surface area (Å²) in [4.78, 5) is 20.9. The third kappa shape index (κ3) is 2.71. The number of benzene rings is 1. The second-order valence-corrected chi connectivity index (χ2v) is 5.68. The number of halogens is 2. The maximum absolute atomic E-state index is 14.4. The van der Waals surface area contributed by atoms with E-state index in [1.165, 1.54) is 18.3 Å². The molecule has 0 fully saturated rings. The van der Waals surface area contributed by atoms with Crippen LogP contribution in [0.3, 0.4) is 0 Å². The number of hydrogen-bond donors (Lipinski definition) is 2. The summed E-state index contributed by atoms with van der Waals surface area (Å²) in [5, 5.41) is 0. The fourth-order valence-corrected chi connectivity index (χ4v) is 2.89. The molecule has 0 aliphatic carbocycles. The Balaban J connectivity index is 2.06. The Morgan fingerprint density at radius 1 is 1.00 bits per heavy atom. The van der Waals surface area contributed by atoms with Crippen LogP contribution in [0.5, 0.6) is 0 Å². The van der Waals surface area contributed by atoms with Crippen molar-refractivity contribution in [1.82, 2.24) is 29.5 Å². The average molecular weight is 368 g/mol. The summed E-state index contributed by atoms with van der Waals surface area (Å²) < 4.78 is 29.8. The van der Waals surface area contributed by atoms with Gasteiger partial charge in [0, 0.05) is 18.3 Å². The van der Waals surface area contributed by atoms with Crippen LogP contribution in [-0.4, -0.2) is 29.5 Å². The van der Waals surface area contributed by atoms with E-state index in [1.807, 2.05) is 6.92 Å². The van der Waals surface area contributed by atoms with Crippen LogP contribution in [0.25, 0.3) is 33.9 Å². The lowest BCUT2D eigenvalue weighted by molar-refractivity contribution is 0.511.